The lowest BCUT2D eigenvalue weighted by atomic mass is 10.1. The SMILES string of the molecule is C1CNCCN1.O=S(=O)(O)C1C=C(O)C=CC1(O)S(=O)(=O)O. The molecule has 1 fully saturated rings. The second kappa shape index (κ2) is 7.04. The van der Waals surface area contributed by atoms with Crippen molar-refractivity contribution in [1.82, 2.24) is 10.6 Å². The standard InChI is InChI=1S/C6H8O8S2.C4H10N2/c7-4-1-2-6(8,16(12,13)14)5(3-4)15(9,10)11;1-2-6-4-3-5-1/h1-3,5,7-8H,(H,9,10,11)(H,12,13,14);5-6H,1-4H2. The predicted molar refractivity (Wildman–Crippen MR) is 77.4 cm³/mol. The molecule has 1 heterocycles. The first-order valence-corrected chi connectivity index (χ1v) is 9.10. The average Bonchev–Trinajstić information content (AvgIpc) is 2.42. The van der Waals surface area contributed by atoms with Gasteiger partial charge in [0.05, 0.1) is 0 Å². The summed E-state index contributed by atoms with van der Waals surface area (Å²) in [6, 6.07) is 0. The topological polar surface area (TPSA) is 173 Å². The zero-order valence-electron chi connectivity index (χ0n) is 11.4. The van der Waals surface area contributed by atoms with Crippen molar-refractivity contribution in [3.63, 3.8) is 0 Å². The molecule has 0 aromatic rings. The minimum absolute atomic E-state index is 0.357. The van der Waals surface area contributed by atoms with Crippen LogP contribution in [0.25, 0.3) is 0 Å². The van der Waals surface area contributed by atoms with Gasteiger partial charge in [0.1, 0.15) is 5.76 Å². The van der Waals surface area contributed by atoms with Crippen LogP contribution in [-0.4, -0.2) is 72.5 Å². The fourth-order valence-corrected chi connectivity index (χ4v) is 3.91. The van der Waals surface area contributed by atoms with Gasteiger partial charge in [0, 0.05) is 26.2 Å². The van der Waals surface area contributed by atoms with Gasteiger partial charge in [-0.2, -0.15) is 16.8 Å². The van der Waals surface area contributed by atoms with Gasteiger partial charge in [0.25, 0.3) is 10.1 Å². The first-order chi connectivity index (χ1) is 9.98. The third kappa shape index (κ3) is 4.74. The zero-order valence-corrected chi connectivity index (χ0v) is 13.0. The summed E-state index contributed by atoms with van der Waals surface area (Å²) in [7, 11) is -10.2. The van der Waals surface area contributed by atoms with E-state index in [2.05, 4.69) is 10.6 Å². The van der Waals surface area contributed by atoms with Gasteiger partial charge in [-0.3, -0.25) is 9.11 Å². The monoisotopic (exact) mass is 358 g/mol. The van der Waals surface area contributed by atoms with Crippen LogP contribution < -0.4 is 10.6 Å². The summed E-state index contributed by atoms with van der Waals surface area (Å²) in [6.07, 6.45) is 1.43. The Morgan fingerprint density at radius 1 is 1.05 bits per heavy atom. The molecule has 2 atom stereocenters. The van der Waals surface area contributed by atoms with Gasteiger partial charge in [-0.05, 0) is 18.2 Å². The maximum Gasteiger partial charge on any atom is 0.300 e. The highest BCUT2D eigenvalue weighted by Gasteiger charge is 2.53. The number of nitrogens with one attached hydrogen (secondary N) is 2. The van der Waals surface area contributed by atoms with E-state index in [0.29, 0.717) is 18.2 Å². The molecule has 10 nitrogen and oxygen atoms in total. The van der Waals surface area contributed by atoms with Gasteiger partial charge < -0.3 is 20.8 Å². The number of allylic oxidation sites excluding steroid dienone is 1. The third-order valence-corrected chi connectivity index (χ3v) is 5.42. The highest BCUT2D eigenvalue weighted by atomic mass is 32.2. The lowest BCUT2D eigenvalue weighted by Crippen LogP contribution is -2.51. The summed E-state index contributed by atoms with van der Waals surface area (Å²) in [5.41, 5.74) is 0. The maximum absolute atomic E-state index is 10.8. The lowest BCUT2D eigenvalue weighted by molar-refractivity contribution is 0.159. The van der Waals surface area contributed by atoms with E-state index >= 15 is 0 Å². The molecule has 2 rings (SSSR count). The first kappa shape index (κ1) is 19.0. The molecule has 12 heteroatoms. The second-order valence-electron chi connectivity index (χ2n) is 4.59. The minimum Gasteiger partial charge on any atom is -0.508 e. The number of hydrogen-bond donors (Lipinski definition) is 6. The molecule has 0 aromatic heterocycles. The largest absolute Gasteiger partial charge is 0.508 e. The molecule has 0 amide bonds. The molecule has 128 valence electrons. The molecular weight excluding hydrogens is 340 g/mol. The van der Waals surface area contributed by atoms with Gasteiger partial charge in [0.15, 0.2) is 5.25 Å². The van der Waals surface area contributed by atoms with Crippen LogP contribution in [0, 0.1) is 0 Å². The number of aliphatic hydroxyl groups is 2. The van der Waals surface area contributed by atoms with E-state index in [0.717, 1.165) is 26.2 Å². The van der Waals surface area contributed by atoms with Crippen molar-refractivity contribution in [3.05, 3.63) is 24.0 Å². The van der Waals surface area contributed by atoms with Crippen molar-refractivity contribution < 1.29 is 36.2 Å². The van der Waals surface area contributed by atoms with Crippen LogP contribution in [0.4, 0.5) is 0 Å². The van der Waals surface area contributed by atoms with Crippen molar-refractivity contribution in [2.75, 3.05) is 26.2 Å². The summed E-state index contributed by atoms with van der Waals surface area (Å²) in [5, 5.41) is 22.5. The van der Waals surface area contributed by atoms with Gasteiger partial charge in [0.2, 0.25) is 4.93 Å². The Morgan fingerprint density at radius 3 is 1.82 bits per heavy atom. The molecular formula is C10H18N2O8S2. The van der Waals surface area contributed by atoms with E-state index in [4.69, 9.17) is 14.2 Å². The van der Waals surface area contributed by atoms with E-state index in [9.17, 15) is 21.9 Å². The molecule has 1 saturated heterocycles. The molecule has 6 N–H and O–H groups in total. The Labute approximate surface area is 128 Å². The van der Waals surface area contributed by atoms with Crippen molar-refractivity contribution in [2.24, 2.45) is 0 Å². The maximum atomic E-state index is 10.8. The van der Waals surface area contributed by atoms with Crippen LogP contribution in [0.1, 0.15) is 0 Å². The van der Waals surface area contributed by atoms with Crippen LogP contribution in [0.5, 0.6) is 0 Å². The van der Waals surface area contributed by atoms with Crippen LogP contribution in [-0.2, 0) is 20.2 Å². The molecule has 1 aliphatic heterocycles. The molecule has 22 heavy (non-hydrogen) atoms. The smallest absolute Gasteiger partial charge is 0.300 e. The molecule has 0 aromatic carbocycles. The Bertz CT molecular complexity index is 639. The van der Waals surface area contributed by atoms with Crippen molar-refractivity contribution >= 4 is 20.2 Å². The molecule has 0 radical (unpaired) electrons. The van der Waals surface area contributed by atoms with Crippen LogP contribution in [0.3, 0.4) is 0 Å². The molecule has 0 saturated carbocycles. The summed E-state index contributed by atoms with van der Waals surface area (Å²) < 4.78 is 60.7. The fraction of sp³-hybridized carbons (Fsp3) is 0.600. The highest BCUT2D eigenvalue weighted by Crippen LogP contribution is 2.30. The van der Waals surface area contributed by atoms with Crippen LogP contribution in [0.2, 0.25) is 0 Å². The third-order valence-electron chi connectivity index (χ3n) is 2.91. The summed E-state index contributed by atoms with van der Waals surface area (Å²) in [6.45, 7) is 4.56. The zero-order chi connectivity index (χ0) is 17.0. The van der Waals surface area contributed by atoms with Gasteiger partial charge in [-0.15, -0.1) is 0 Å². The Hall–Kier alpha value is -1.02. The minimum atomic E-state index is -5.21. The van der Waals surface area contributed by atoms with Crippen molar-refractivity contribution in [1.29, 1.82) is 0 Å². The van der Waals surface area contributed by atoms with Crippen LogP contribution in [0.15, 0.2) is 24.0 Å². The predicted octanol–water partition coefficient (Wildman–Crippen LogP) is -1.99. The highest BCUT2D eigenvalue weighted by molar-refractivity contribution is 7.91. The van der Waals surface area contributed by atoms with Crippen LogP contribution >= 0.6 is 0 Å². The summed E-state index contributed by atoms with van der Waals surface area (Å²) in [5.74, 6) is -0.670. The van der Waals surface area contributed by atoms with E-state index in [1.54, 1.807) is 0 Å². The van der Waals surface area contributed by atoms with Gasteiger partial charge in [-0.1, -0.05) is 0 Å². The number of rotatable bonds is 2. The lowest BCUT2D eigenvalue weighted by Gasteiger charge is -2.28. The van der Waals surface area contributed by atoms with E-state index < -0.39 is 36.2 Å². The Kier molecular flexibility index (Phi) is 6.09. The molecule has 0 bridgehead atoms. The Balaban J connectivity index is 0.000000335. The summed E-state index contributed by atoms with van der Waals surface area (Å²) in [4.78, 5) is -3.23. The average molecular weight is 358 g/mol. The van der Waals surface area contributed by atoms with E-state index in [1.807, 2.05) is 0 Å². The van der Waals surface area contributed by atoms with Gasteiger partial charge >= 0.3 is 10.1 Å². The molecule has 1 aliphatic carbocycles. The number of hydrogen-bond acceptors (Lipinski definition) is 8. The Morgan fingerprint density at radius 2 is 1.50 bits per heavy atom. The first-order valence-electron chi connectivity index (χ1n) is 6.15. The number of piperazine rings is 1. The van der Waals surface area contributed by atoms with Crippen molar-refractivity contribution in [3.8, 4) is 0 Å². The van der Waals surface area contributed by atoms with E-state index in [-0.39, 0.29) is 0 Å². The molecule has 2 unspecified atom stereocenters. The fourth-order valence-electron chi connectivity index (χ4n) is 1.77. The summed E-state index contributed by atoms with van der Waals surface area (Å²) >= 11 is 0. The second-order valence-corrected chi connectivity index (χ2v) is 7.73. The van der Waals surface area contributed by atoms with Gasteiger partial charge in [-0.25, -0.2) is 0 Å². The normalized spacial score (nSPS) is 29.2. The van der Waals surface area contributed by atoms with Crippen molar-refractivity contribution in [2.45, 2.75) is 10.2 Å². The van der Waals surface area contributed by atoms with E-state index in [1.165, 1.54) is 0 Å². The quantitative estimate of drug-likeness (QED) is 0.303. The molecule has 2 aliphatic rings. The molecule has 0 spiro atoms. The number of aliphatic hydroxyl groups excluding tert-OH is 1.